The average Bonchev–Trinajstić information content (AvgIpc) is 2.85. The molecule has 0 saturated carbocycles. The zero-order chi connectivity index (χ0) is 25.8. The van der Waals surface area contributed by atoms with Crippen molar-refractivity contribution in [1.29, 1.82) is 5.41 Å². The molecule has 0 aliphatic carbocycles. The summed E-state index contributed by atoms with van der Waals surface area (Å²) in [5.74, 6) is -3.70. The van der Waals surface area contributed by atoms with E-state index < -0.39 is 29.4 Å². The highest BCUT2D eigenvalue weighted by atomic mass is 19.1. The normalized spacial score (nSPS) is 10.6. The van der Waals surface area contributed by atoms with Crippen LogP contribution in [0.25, 0.3) is 11.1 Å². The van der Waals surface area contributed by atoms with Crippen LogP contribution in [0.2, 0.25) is 0 Å². The first-order valence-electron chi connectivity index (χ1n) is 10.8. The van der Waals surface area contributed by atoms with E-state index in [-0.39, 0.29) is 29.3 Å². The summed E-state index contributed by atoms with van der Waals surface area (Å²) in [5.41, 5.74) is 7.72. The Morgan fingerprint density at radius 3 is 2.08 bits per heavy atom. The van der Waals surface area contributed by atoms with Gasteiger partial charge in [0.2, 0.25) is 0 Å². The van der Waals surface area contributed by atoms with Crippen molar-refractivity contribution >= 4 is 11.8 Å². The minimum absolute atomic E-state index is 0.0710. The van der Waals surface area contributed by atoms with Gasteiger partial charge in [-0.05, 0) is 53.9 Å². The van der Waals surface area contributed by atoms with E-state index >= 15 is 0 Å². The molecule has 0 saturated heterocycles. The fourth-order valence-corrected chi connectivity index (χ4v) is 3.47. The molecule has 9 heteroatoms. The Morgan fingerprint density at radius 2 is 1.47 bits per heavy atom. The van der Waals surface area contributed by atoms with Gasteiger partial charge in [-0.15, -0.1) is 0 Å². The lowest BCUT2D eigenvalue weighted by Gasteiger charge is -2.13. The van der Waals surface area contributed by atoms with Crippen molar-refractivity contribution in [1.82, 2.24) is 4.98 Å². The maximum atomic E-state index is 14.9. The van der Waals surface area contributed by atoms with Gasteiger partial charge < -0.3 is 20.3 Å². The van der Waals surface area contributed by atoms with Crippen LogP contribution >= 0.6 is 0 Å². The zero-order valence-corrected chi connectivity index (χ0v) is 19.1. The number of ether oxygens (including phenoxy) is 2. The number of aliphatic carboxylic acids is 1. The molecule has 0 unspecified atom stereocenters. The van der Waals surface area contributed by atoms with E-state index in [1.54, 1.807) is 48.5 Å². The standard InChI is InChI=1S/C27H21F2N3O4/c1-15-23(28)26(35-20-9-2-5-16(11-20)12-22(33)34)32-27(24(15)29)36-21-10-4-7-18(14-21)17-6-3-8-19(13-17)25(30)31/h2-11,13-14H,12H2,1H3,(H3,30,31)(H,33,34). The van der Waals surface area contributed by atoms with Gasteiger partial charge in [-0.2, -0.15) is 4.98 Å². The van der Waals surface area contributed by atoms with Crippen LogP contribution in [0.4, 0.5) is 8.78 Å². The predicted octanol–water partition coefficient (Wildman–Crippen LogP) is 5.83. The largest absolute Gasteiger partial charge is 0.481 e. The Labute approximate surface area is 205 Å². The Hall–Kier alpha value is -4.79. The smallest absolute Gasteiger partial charge is 0.307 e. The number of nitrogens with one attached hydrogen (secondary N) is 1. The summed E-state index contributed by atoms with van der Waals surface area (Å²) in [5, 5.41) is 16.6. The van der Waals surface area contributed by atoms with E-state index in [1.807, 2.05) is 12.1 Å². The van der Waals surface area contributed by atoms with Crippen molar-refractivity contribution in [3.63, 3.8) is 0 Å². The van der Waals surface area contributed by atoms with E-state index in [2.05, 4.69) is 4.98 Å². The molecule has 0 spiro atoms. The average molecular weight is 489 g/mol. The number of carbonyl (C=O) groups is 1. The highest BCUT2D eigenvalue weighted by Gasteiger charge is 2.21. The van der Waals surface area contributed by atoms with Gasteiger partial charge in [0.25, 0.3) is 11.8 Å². The number of carboxylic acid groups (broad SMARTS) is 1. The van der Waals surface area contributed by atoms with E-state index in [0.717, 1.165) is 11.1 Å². The molecule has 0 aliphatic rings. The molecule has 36 heavy (non-hydrogen) atoms. The SMILES string of the molecule is Cc1c(F)c(Oc2cccc(CC(=O)O)c2)nc(Oc2cccc(-c3cccc(C(=N)N)c3)c2)c1F. The third-order valence-corrected chi connectivity index (χ3v) is 5.26. The van der Waals surface area contributed by atoms with Crippen molar-refractivity contribution in [2.75, 3.05) is 0 Å². The number of nitrogens with zero attached hydrogens (tertiary/aromatic N) is 1. The first kappa shape index (κ1) is 24.3. The zero-order valence-electron chi connectivity index (χ0n) is 19.1. The molecule has 1 heterocycles. The van der Waals surface area contributed by atoms with E-state index in [9.17, 15) is 13.6 Å². The summed E-state index contributed by atoms with van der Waals surface area (Å²) < 4.78 is 40.8. The Morgan fingerprint density at radius 1 is 0.917 bits per heavy atom. The molecule has 0 amide bonds. The second kappa shape index (κ2) is 10.2. The van der Waals surface area contributed by atoms with Gasteiger partial charge in [-0.25, -0.2) is 8.78 Å². The predicted molar refractivity (Wildman–Crippen MR) is 130 cm³/mol. The Bertz CT molecular complexity index is 1470. The number of halogens is 2. The summed E-state index contributed by atoms with van der Waals surface area (Å²) in [6, 6.07) is 19.9. The summed E-state index contributed by atoms with van der Waals surface area (Å²) in [7, 11) is 0. The van der Waals surface area contributed by atoms with Gasteiger partial charge in [0.1, 0.15) is 17.3 Å². The number of rotatable bonds is 8. The van der Waals surface area contributed by atoms with E-state index in [0.29, 0.717) is 11.1 Å². The molecule has 1 aromatic heterocycles. The monoisotopic (exact) mass is 489 g/mol. The van der Waals surface area contributed by atoms with Crippen LogP contribution in [-0.4, -0.2) is 21.9 Å². The van der Waals surface area contributed by atoms with Crippen molar-refractivity contribution in [2.45, 2.75) is 13.3 Å². The lowest BCUT2D eigenvalue weighted by Crippen LogP contribution is -2.10. The molecule has 4 aromatic rings. The number of aromatic nitrogens is 1. The van der Waals surface area contributed by atoms with Crippen molar-refractivity contribution < 1.29 is 28.2 Å². The maximum absolute atomic E-state index is 14.9. The molecule has 0 atom stereocenters. The number of hydrogen-bond acceptors (Lipinski definition) is 5. The molecule has 3 aromatic carbocycles. The summed E-state index contributed by atoms with van der Waals surface area (Å²) in [6.45, 7) is 1.23. The van der Waals surface area contributed by atoms with E-state index in [1.165, 1.54) is 19.1 Å². The third-order valence-electron chi connectivity index (χ3n) is 5.26. The van der Waals surface area contributed by atoms with Gasteiger partial charge in [0.15, 0.2) is 11.6 Å². The Kier molecular flexibility index (Phi) is 6.91. The number of nitrogen functional groups attached to an aromatic ring is 1. The molecule has 0 aliphatic heterocycles. The molecule has 4 rings (SSSR count). The molecule has 182 valence electrons. The number of hydrogen-bond donors (Lipinski definition) is 3. The molecule has 0 radical (unpaired) electrons. The number of nitrogens with two attached hydrogens (primary N) is 1. The van der Waals surface area contributed by atoms with Crippen molar-refractivity contribution in [3.8, 4) is 34.4 Å². The lowest BCUT2D eigenvalue weighted by atomic mass is 10.0. The Balaban J connectivity index is 1.64. The maximum Gasteiger partial charge on any atom is 0.307 e. The van der Waals surface area contributed by atoms with Crippen LogP contribution < -0.4 is 15.2 Å². The second-order valence-electron chi connectivity index (χ2n) is 7.92. The first-order chi connectivity index (χ1) is 17.2. The minimum atomic E-state index is -1.03. The highest BCUT2D eigenvalue weighted by molar-refractivity contribution is 5.96. The molecule has 0 fully saturated rings. The molecule has 4 N–H and O–H groups in total. The van der Waals surface area contributed by atoms with Gasteiger partial charge in [0.05, 0.1) is 6.42 Å². The second-order valence-corrected chi connectivity index (χ2v) is 7.92. The van der Waals surface area contributed by atoms with Crippen LogP contribution in [0.3, 0.4) is 0 Å². The van der Waals surface area contributed by atoms with E-state index in [4.69, 9.17) is 25.7 Å². The number of carboxylic acids is 1. The van der Waals surface area contributed by atoms with Gasteiger partial charge in [-0.1, -0.05) is 42.5 Å². The number of amidine groups is 1. The van der Waals surface area contributed by atoms with Crippen molar-refractivity contribution in [2.24, 2.45) is 5.73 Å². The highest BCUT2D eigenvalue weighted by Crippen LogP contribution is 2.34. The van der Waals surface area contributed by atoms with Crippen LogP contribution in [-0.2, 0) is 11.2 Å². The third kappa shape index (κ3) is 5.47. The fourth-order valence-electron chi connectivity index (χ4n) is 3.47. The molecule has 0 bridgehead atoms. The van der Waals surface area contributed by atoms with Crippen LogP contribution in [0.5, 0.6) is 23.3 Å². The summed E-state index contributed by atoms with van der Waals surface area (Å²) in [4.78, 5) is 14.9. The van der Waals surface area contributed by atoms with Gasteiger partial charge >= 0.3 is 5.97 Å². The topological polar surface area (TPSA) is 119 Å². The molecular formula is C27H21F2N3O4. The van der Waals surface area contributed by atoms with Gasteiger partial charge in [0, 0.05) is 11.1 Å². The minimum Gasteiger partial charge on any atom is -0.481 e. The summed E-state index contributed by atoms with van der Waals surface area (Å²) >= 11 is 0. The fraction of sp³-hybridized carbons (Fsp3) is 0.0741. The first-order valence-corrected chi connectivity index (χ1v) is 10.8. The quantitative estimate of drug-likeness (QED) is 0.212. The number of pyridine rings is 1. The van der Waals surface area contributed by atoms with Crippen molar-refractivity contribution in [3.05, 3.63) is 101 Å². The lowest BCUT2D eigenvalue weighted by molar-refractivity contribution is -0.136. The van der Waals surface area contributed by atoms with Crippen LogP contribution in [0.1, 0.15) is 16.7 Å². The van der Waals surface area contributed by atoms with Crippen LogP contribution in [0, 0.1) is 24.0 Å². The molecule has 7 nitrogen and oxygen atoms in total. The number of benzene rings is 3. The van der Waals surface area contributed by atoms with Crippen LogP contribution in [0.15, 0.2) is 72.8 Å². The molecular weight excluding hydrogens is 468 g/mol. The summed E-state index contributed by atoms with van der Waals surface area (Å²) in [6.07, 6.45) is -0.240. The van der Waals surface area contributed by atoms with Gasteiger partial charge in [-0.3, -0.25) is 10.2 Å².